The fourth-order valence-corrected chi connectivity index (χ4v) is 4.94. The van der Waals surface area contributed by atoms with Gasteiger partial charge in [0.2, 0.25) is 0 Å². The van der Waals surface area contributed by atoms with Crippen LogP contribution in [0.15, 0.2) is 85.0 Å². The zero-order chi connectivity index (χ0) is 27.1. The minimum atomic E-state index is 0. The molecule has 0 atom stereocenters. The number of pyridine rings is 2. The van der Waals surface area contributed by atoms with Crippen LogP contribution in [0.5, 0.6) is 0 Å². The molecule has 0 spiro atoms. The van der Waals surface area contributed by atoms with Gasteiger partial charge in [-0.25, -0.2) is 4.98 Å². The summed E-state index contributed by atoms with van der Waals surface area (Å²) in [6, 6.07) is 21.6. The van der Waals surface area contributed by atoms with E-state index >= 15 is 0 Å². The second-order valence-electron chi connectivity index (χ2n) is 9.53. The summed E-state index contributed by atoms with van der Waals surface area (Å²) in [5.41, 5.74) is 4.00. The standard InChI is InChI=1S/C20H12N3.C13H24O2.Ir/c1-2-6-14(7-3-1)18-12-19-17(13-22-18)15-8-4-5-9-16(15)20-21-10-11-23(19)20;1-5-10(6-2)12(14)9-13(15)11(7-3)8-4;/h1-6,8-13H;9-11,14H,5-8H2,1-4H3;/q-1;;/b;12-9-;. The molecule has 3 aromatic heterocycles. The number of carbonyl (C=O) groups is 1. The van der Waals surface area contributed by atoms with Gasteiger partial charge in [-0.3, -0.25) is 9.20 Å². The molecule has 0 fully saturated rings. The molecular formula is C33H36IrN3O2-. The summed E-state index contributed by atoms with van der Waals surface area (Å²) in [7, 11) is 0. The summed E-state index contributed by atoms with van der Waals surface area (Å²) in [5, 5.41) is 13.2. The predicted molar refractivity (Wildman–Crippen MR) is 156 cm³/mol. The average Bonchev–Trinajstić information content (AvgIpc) is 3.46. The van der Waals surface area contributed by atoms with Gasteiger partial charge in [-0.05, 0) is 36.8 Å². The van der Waals surface area contributed by atoms with Crippen molar-refractivity contribution in [3.8, 4) is 11.3 Å². The first kappa shape index (κ1) is 30.2. The summed E-state index contributed by atoms with van der Waals surface area (Å²) < 4.78 is 2.13. The van der Waals surface area contributed by atoms with E-state index in [0.717, 1.165) is 58.9 Å². The number of benzene rings is 2. The maximum atomic E-state index is 11.7. The third-order valence-electron chi connectivity index (χ3n) is 7.31. The smallest absolute Gasteiger partial charge is 0.162 e. The molecule has 0 bridgehead atoms. The van der Waals surface area contributed by atoms with E-state index in [0.29, 0.717) is 0 Å². The van der Waals surface area contributed by atoms with Crippen LogP contribution >= 0.6 is 0 Å². The Morgan fingerprint density at radius 3 is 2.23 bits per heavy atom. The van der Waals surface area contributed by atoms with Gasteiger partial charge >= 0.3 is 0 Å². The fraction of sp³-hybridized carbons (Fsp3) is 0.303. The Bertz CT molecular complexity index is 1550. The largest absolute Gasteiger partial charge is 0.512 e. The molecule has 39 heavy (non-hydrogen) atoms. The van der Waals surface area contributed by atoms with Gasteiger partial charge in [0.25, 0.3) is 0 Å². The van der Waals surface area contributed by atoms with Gasteiger partial charge in [0.15, 0.2) is 5.78 Å². The molecular weight excluding hydrogens is 663 g/mol. The first-order valence-electron chi connectivity index (χ1n) is 13.6. The summed E-state index contributed by atoms with van der Waals surface area (Å²) in [4.78, 5) is 20.9. The fourth-order valence-electron chi connectivity index (χ4n) is 4.94. The monoisotopic (exact) mass is 699 g/mol. The Labute approximate surface area is 244 Å². The predicted octanol–water partition coefficient (Wildman–Crippen LogP) is 8.37. The van der Waals surface area contributed by atoms with E-state index in [2.05, 4.69) is 44.7 Å². The van der Waals surface area contributed by atoms with Crippen LogP contribution in [0, 0.1) is 17.9 Å². The number of carbonyl (C=O) groups excluding carboxylic acids is 1. The molecule has 205 valence electrons. The average molecular weight is 699 g/mol. The molecule has 5 nitrogen and oxygen atoms in total. The van der Waals surface area contributed by atoms with Crippen LogP contribution in [0.3, 0.4) is 0 Å². The minimum Gasteiger partial charge on any atom is -0.512 e. The zero-order valence-corrected chi connectivity index (χ0v) is 25.4. The molecule has 0 aliphatic heterocycles. The van der Waals surface area contributed by atoms with Crippen molar-refractivity contribution in [2.45, 2.75) is 53.4 Å². The molecule has 0 saturated carbocycles. The van der Waals surface area contributed by atoms with E-state index in [9.17, 15) is 9.90 Å². The van der Waals surface area contributed by atoms with Crippen LogP contribution in [0.25, 0.3) is 38.6 Å². The van der Waals surface area contributed by atoms with E-state index in [-0.39, 0.29) is 43.5 Å². The molecule has 1 radical (unpaired) electrons. The van der Waals surface area contributed by atoms with Crippen molar-refractivity contribution in [3.05, 3.63) is 91.1 Å². The normalized spacial score (nSPS) is 11.6. The van der Waals surface area contributed by atoms with Crippen molar-refractivity contribution in [2.24, 2.45) is 11.8 Å². The number of nitrogens with zero attached hydrogens (tertiary/aromatic N) is 3. The van der Waals surface area contributed by atoms with Gasteiger partial charge in [0, 0.05) is 72.9 Å². The Hall–Kier alpha value is -3.34. The first-order chi connectivity index (χ1) is 18.5. The summed E-state index contributed by atoms with van der Waals surface area (Å²) >= 11 is 0. The van der Waals surface area contributed by atoms with Crippen molar-refractivity contribution in [1.29, 1.82) is 0 Å². The Kier molecular flexibility index (Phi) is 11.0. The number of allylic oxidation sites excluding steroid dienone is 2. The number of hydrogen-bond acceptors (Lipinski definition) is 4. The summed E-state index contributed by atoms with van der Waals surface area (Å²) in [6.07, 6.45) is 10.7. The topological polar surface area (TPSA) is 67.5 Å². The SMILES string of the molecule is CCC(CC)C(=O)/C=C(\O)C(CC)CC.[Ir].[c-]1ccccc1-c1cc2c(cn1)c1ccccc1c1nccn21. The van der Waals surface area contributed by atoms with Crippen molar-refractivity contribution < 1.29 is 30.0 Å². The molecule has 6 heteroatoms. The van der Waals surface area contributed by atoms with Crippen LogP contribution < -0.4 is 0 Å². The third kappa shape index (κ3) is 6.63. The number of imidazole rings is 1. The molecule has 3 heterocycles. The van der Waals surface area contributed by atoms with Crippen molar-refractivity contribution in [2.75, 3.05) is 0 Å². The number of hydrogen-bond donors (Lipinski definition) is 1. The molecule has 0 aliphatic rings. The van der Waals surface area contributed by atoms with Gasteiger partial charge in [-0.2, -0.15) is 0 Å². The first-order valence-corrected chi connectivity index (χ1v) is 13.6. The van der Waals surface area contributed by atoms with Gasteiger partial charge < -0.3 is 10.1 Å². The number of rotatable bonds is 8. The van der Waals surface area contributed by atoms with Crippen LogP contribution in [0.4, 0.5) is 0 Å². The van der Waals surface area contributed by atoms with Crippen LogP contribution in [0.2, 0.25) is 0 Å². The summed E-state index contributed by atoms with van der Waals surface area (Å²) in [5.74, 6) is 0.547. The number of fused-ring (bicyclic) bond motifs is 6. The van der Waals surface area contributed by atoms with Crippen LogP contribution in [0.1, 0.15) is 53.4 Å². The summed E-state index contributed by atoms with van der Waals surface area (Å²) in [6.45, 7) is 8.07. The Morgan fingerprint density at radius 2 is 1.59 bits per heavy atom. The Morgan fingerprint density at radius 1 is 0.923 bits per heavy atom. The molecule has 0 aliphatic carbocycles. The van der Waals surface area contributed by atoms with Crippen LogP contribution in [-0.4, -0.2) is 25.3 Å². The quantitative estimate of drug-likeness (QED) is 0.0766. The van der Waals surface area contributed by atoms with Crippen molar-refractivity contribution in [1.82, 2.24) is 14.4 Å². The second kappa shape index (κ2) is 14.2. The van der Waals surface area contributed by atoms with E-state index in [1.54, 1.807) is 0 Å². The van der Waals surface area contributed by atoms with Gasteiger partial charge in [0.1, 0.15) is 5.65 Å². The molecule has 1 N–H and O–H groups in total. The van der Waals surface area contributed by atoms with Crippen molar-refractivity contribution in [3.63, 3.8) is 0 Å². The molecule has 0 saturated heterocycles. The Balaban J connectivity index is 0.000000233. The van der Waals surface area contributed by atoms with E-state index < -0.39 is 0 Å². The van der Waals surface area contributed by atoms with Crippen LogP contribution in [-0.2, 0) is 24.9 Å². The molecule has 0 amide bonds. The molecule has 5 aromatic rings. The number of ketones is 1. The maximum Gasteiger partial charge on any atom is 0.162 e. The van der Waals surface area contributed by atoms with E-state index in [1.807, 2.05) is 76.6 Å². The number of aliphatic hydroxyl groups excluding tert-OH is 1. The molecule has 5 rings (SSSR count). The third-order valence-corrected chi connectivity index (χ3v) is 7.31. The molecule has 2 aromatic carbocycles. The van der Waals surface area contributed by atoms with Crippen molar-refractivity contribution >= 4 is 33.1 Å². The van der Waals surface area contributed by atoms with E-state index in [4.69, 9.17) is 0 Å². The number of aliphatic hydroxyl groups is 1. The maximum absolute atomic E-state index is 11.7. The zero-order valence-electron chi connectivity index (χ0n) is 23.0. The molecule has 0 unspecified atom stereocenters. The minimum absolute atomic E-state index is 0. The van der Waals surface area contributed by atoms with Gasteiger partial charge in [-0.1, -0.05) is 58.0 Å². The van der Waals surface area contributed by atoms with Gasteiger partial charge in [0.05, 0.1) is 5.76 Å². The van der Waals surface area contributed by atoms with E-state index in [1.165, 1.54) is 11.5 Å². The number of aromatic nitrogens is 3. The second-order valence-corrected chi connectivity index (χ2v) is 9.53. The van der Waals surface area contributed by atoms with Gasteiger partial charge in [-0.15, -0.1) is 35.9 Å².